The number of nitrogens with zero attached hydrogens (tertiary/aromatic N) is 3. The predicted octanol–water partition coefficient (Wildman–Crippen LogP) is 4.61. The van der Waals surface area contributed by atoms with Crippen LogP contribution in [0.4, 0.5) is 0 Å². The standard InChI is InChI=1S/C17H28N4S2.2ClH/c1-10(2)13-14(11(3)4)21-12(8-23-16(21)19-13)7-22-15-18-9-17(5,6)20-15;;/h8,10-11,13-14H,7,9H2,1-6H3,(H,18,20);2*1H/t13-,14-;;/m0../s1. The first-order chi connectivity index (χ1) is 10.8. The molecule has 3 aliphatic rings. The van der Waals surface area contributed by atoms with Gasteiger partial charge in [0.15, 0.2) is 10.3 Å². The summed E-state index contributed by atoms with van der Waals surface area (Å²) in [6.45, 7) is 14.5. The van der Waals surface area contributed by atoms with Gasteiger partial charge in [0.1, 0.15) is 0 Å². The minimum absolute atomic E-state index is 0. The molecule has 0 saturated carbocycles. The molecule has 1 N–H and O–H groups in total. The maximum Gasteiger partial charge on any atom is 0.168 e. The lowest BCUT2D eigenvalue weighted by Crippen LogP contribution is -2.43. The summed E-state index contributed by atoms with van der Waals surface area (Å²) >= 11 is 3.60. The Labute approximate surface area is 173 Å². The van der Waals surface area contributed by atoms with Gasteiger partial charge in [-0.1, -0.05) is 51.2 Å². The number of hydrogen-bond donors (Lipinski definition) is 1. The Hall–Kier alpha value is -0.0400. The minimum Gasteiger partial charge on any atom is -0.358 e. The van der Waals surface area contributed by atoms with Crippen LogP contribution in [-0.2, 0) is 0 Å². The van der Waals surface area contributed by atoms with Gasteiger partial charge in [0, 0.05) is 11.4 Å². The van der Waals surface area contributed by atoms with E-state index < -0.39 is 0 Å². The number of fused-ring (bicyclic) bond motifs is 1. The molecule has 3 heterocycles. The van der Waals surface area contributed by atoms with Crippen LogP contribution >= 0.6 is 48.3 Å². The van der Waals surface area contributed by atoms with E-state index in [9.17, 15) is 0 Å². The number of amidine groups is 2. The van der Waals surface area contributed by atoms with Gasteiger partial charge in [-0.3, -0.25) is 9.98 Å². The highest BCUT2D eigenvalue weighted by atomic mass is 35.5. The Balaban J connectivity index is 0.00000156. The summed E-state index contributed by atoms with van der Waals surface area (Å²) in [4.78, 5) is 12.1. The molecule has 4 nitrogen and oxygen atoms in total. The van der Waals surface area contributed by atoms with Crippen molar-refractivity contribution in [1.29, 1.82) is 0 Å². The Morgan fingerprint density at radius 2 is 1.96 bits per heavy atom. The van der Waals surface area contributed by atoms with Crippen LogP contribution in [0.25, 0.3) is 0 Å². The average molecular weight is 425 g/mol. The fraction of sp³-hybridized carbons (Fsp3) is 0.765. The Kier molecular flexibility index (Phi) is 8.06. The molecule has 0 fully saturated rings. The topological polar surface area (TPSA) is 40.0 Å². The van der Waals surface area contributed by atoms with Gasteiger partial charge in [0.2, 0.25) is 0 Å². The number of rotatable bonds is 4. The van der Waals surface area contributed by atoms with Gasteiger partial charge in [-0.05, 0) is 31.1 Å². The molecule has 25 heavy (non-hydrogen) atoms. The van der Waals surface area contributed by atoms with Crippen LogP contribution in [0, 0.1) is 11.8 Å². The highest BCUT2D eigenvalue weighted by Gasteiger charge is 2.43. The molecule has 144 valence electrons. The molecule has 3 rings (SSSR count). The van der Waals surface area contributed by atoms with Crippen molar-refractivity contribution in [2.45, 2.75) is 59.2 Å². The van der Waals surface area contributed by atoms with E-state index in [-0.39, 0.29) is 30.4 Å². The van der Waals surface area contributed by atoms with Gasteiger partial charge in [0.05, 0.1) is 24.2 Å². The summed E-state index contributed by atoms with van der Waals surface area (Å²) in [7, 11) is 0. The van der Waals surface area contributed by atoms with Crippen LogP contribution < -0.4 is 5.32 Å². The van der Waals surface area contributed by atoms with E-state index in [0.717, 1.165) is 17.5 Å². The van der Waals surface area contributed by atoms with Crippen molar-refractivity contribution in [1.82, 2.24) is 10.2 Å². The summed E-state index contributed by atoms with van der Waals surface area (Å²) in [5.74, 6) is 2.13. The summed E-state index contributed by atoms with van der Waals surface area (Å²) < 4.78 is 0. The molecular formula is C17H30Cl2N4S2. The van der Waals surface area contributed by atoms with Crippen molar-refractivity contribution >= 4 is 58.7 Å². The van der Waals surface area contributed by atoms with Crippen LogP contribution in [0.15, 0.2) is 21.1 Å². The highest BCUT2D eigenvalue weighted by Crippen LogP contribution is 2.41. The molecule has 8 heteroatoms. The summed E-state index contributed by atoms with van der Waals surface area (Å²) in [5, 5.41) is 8.05. The number of aliphatic imine (C=N–C) groups is 2. The Morgan fingerprint density at radius 3 is 2.48 bits per heavy atom. The largest absolute Gasteiger partial charge is 0.358 e. The SMILES string of the molecule is CC(C)[C@@H]1N=C2SC=C(CSC3=NCC(C)(C)N3)N2[C@H]1C(C)C.Cl.Cl. The van der Waals surface area contributed by atoms with Crippen molar-refractivity contribution in [3.63, 3.8) is 0 Å². The van der Waals surface area contributed by atoms with Crippen LogP contribution in [0.5, 0.6) is 0 Å². The first-order valence-corrected chi connectivity index (χ1v) is 10.3. The molecule has 0 spiro atoms. The van der Waals surface area contributed by atoms with Crippen LogP contribution in [-0.4, -0.2) is 45.2 Å². The molecule has 0 aromatic heterocycles. The monoisotopic (exact) mass is 424 g/mol. The highest BCUT2D eigenvalue weighted by molar-refractivity contribution is 8.17. The molecule has 0 bridgehead atoms. The maximum absolute atomic E-state index is 5.00. The molecular weight excluding hydrogens is 395 g/mol. The zero-order chi connectivity index (χ0) is 16.8. The predicted molar refractivity (Wildman–Crippen MR) is 119 cm³/mol. The maximum atomic E-state index is 5.00. The zero-order valence-corrected chi connectivity index (χ0v) is 19.0. The van der Waals surface area contributed by atoms with Crippen LogP contribution in [0.2, 0.25) is 0 Å². The first kappa shape index (κ1) is 23.0. The quantitative estimate of drug-likeness (QED) is 0.714. The minimum atomic E-state index is 0. The van der Waals surface area contributed by atoms with Crippen molar-refractivity contribution in [2.24, 2.45) is 21.8 Å². The molecule has 0 saturated heterocycles. The normalized spacial score (nSPS) is 26.6. The number of nitrogens with one attached hydrogen (secondary N) is 1. The van der Waals surface area contributed by atoms with Crippen molar-refractivity contribution in [3.8, 4) is 0 Å². The zero-order valence-electron chi connectivity index (χ0n) is 15.8. The van der Waals surface area contributed by atoms with E-state index in [2.05, 4.69) is 62.2 Å². The second-order valence-corrected chi connectivity index (χ2v) is 9.70. The molecule has 0 radical (unpaired) electrons. The molecule has 3 aliphatic heterocycles. The van der Waals surface area contributed by atoms with Crippen molar-refractivity contribution < 1.29 is 0 Å². The van der Waals surface area contributed by atoms with E-state index in [1.165, 1.54) is 10.9 Å². The van der Waals surface area contributed by atoms with E-state index in [0.29, 0.717) is 23.9 Å². The third kappa shape index (κ3) is 4.82. The molecule has 2 atom stereocenters. The second kappa shape index (κ2) is 8.77. The molecule has 0 amide bonds. The molecule has 0 aromatic rings. The van der Waals surface area contributed by atoms with Gasteiger partial charge in [-0.25, -0.2) is 0 Å². The van der Waals surface area contributed by atoms with Gasteiger partial charge in [-0.2, -0.15) is 0 Å². The fourth-order valence-corrected chi connectivity index (χ4v) is 5.42. The molecule has 0 unspecified atom stereocenters. The van der Waals surface area contributed by atoms with Gasteiger partial charge < -0.3 is 10.2 Å². The number of thioether (sulfide) groups is 2. The molecule has 0 aliphatic carbocycles. The van der Waals surface area contributed by atoms with Crippen molar-refractivity contribution in [3.05, 3.63) is 11.1 Å². The summed E-state index contributed by atoms with van der Waals surface area (Å²) in [6.07, 6.45) is 0. The lowest BCUT2D eigenvalue weighted by Gasteiger charge is -2.33. The third-order valence-electron chi connectivity index (χ3n) is 4.51. The lowest BCUT2D eigenvalue weighted by molar-refractivity contribution is 0.251. The number of halogens is 2. The van der Waals surface area contributed by atoms with Crippen LogP contribution in [0.3, 0.4) is 0 Å². The third-order valence-corrected chi connectivity index (χ3v) is 6.36. The Morgan fingerprint density at radius 1 is 1.28 bits per heavy atom. The summed E-state index contributed by atoms with van der Waals surface area (Å²) in [5.41, 5.74) is 1.49. The second-order valence-electron chi connectivity index (χ2n) is 7.90. The molecule has 0 aromatic carbocycles. The van der Waals surface area contributed by atoms with E-state index in [1.807, 2.05) is 11.8 Å². The van der Waals surface area contributed by atoms with E-state index in [4.69, 9.17) is 4.99 Å². The van der Waals surface area contributed by atoms with Crippen molar-refractivity contribution in [2.75, 3.05) is 12.3 Å². The average Bonchev–Trinajstić information content (AvgIpc) is 3.09. The van der Waals surface area contributed by atoms with Crippen LogP contribution in [0.1, 0.15) is 41.5 Å². The van der Waals surface area contributed by atoms with Gasteiger partial charge in [0.25, 0.3) is 0 Å². The summed E-state index contributed by atoms with van der Waals surface area (Å²) in [6, 6.07) is 0.897. The first-order valence-electron chi connectivity index (χ1n) is 8.46. The van der Waals surface area contributed by atoms with E-state index >= 15 is 0 Å². The lowest BCUT2D eigenvalue weighted by atomic mass is 9.89. The Bertz CT molecular complexity index is 573. The fourth-order valence-electron chi connectivity index (χ4n) is 3.33. The van der Waals surface area contributed by atoms with Gasteiger partial charge in [-0.15, -0.1) is 24.8 Å². The smallest absolute Gasteiger partial charge is 0.168 e. The van der Waals surface area contributed by atoms with Gasteiger partial charge >= 0.3 is 0 Å². The number of hydrogen-bond acceptors (Lipinski definition) is 6. The van der Waals surface area contributed by atoms with E-state index in [1.54, 1.807) is 11.8 Å².